The minimum absolute atomic E-state index is 0.0513. The predicted octanol–water partition coefficient (Wildman–Crippen LogP) is 2.19. The summed E-state index contributed by atoms with van der Waals surface area (Å²) in [6.07, 6.45) is 8.68. The number of piperidine rings is 1. The van der Waals surface area contributed by atoms with Gasteiger partial charge in [0.05, 0.1) is 0 Å². The van der Waals surface area contributed by atoms with E-state index in [2.05, 4.69) is 4.98 Å². The second-order valence-electron chi connectivity index (χ2n) is 4.98. The van der Waals surface area contributed by atoms with Crippen LogP contribution in [0.4, 0.5) is 0 Å². The highest BCUT2D eigenvalue weighted by Gasteiger charge is 2.25. The molecule has 1 aromatic heterocycles. The van der Waals surface area contributed by atoms with Crippen LogP contribution in [-0.2, 0) is 4.79 Å². The van der Waals surface area contributed by atoms with Crippen LogP contribution in [0.2, 0.25) is 0 Å². The molecular formula is C15H18N2O3. The lowest BCUT2D eigenvalue weighted by molar-refractivity contribution is -0.131. The summed E-state index contributed by atoms with van der Waals surface area (Å²) in [5.41, 5.74) is 1.05. The van der Waals surface area contributed by atoms with E-state index in [9.17, 15) is 9.59 Å². The van der Waals surface area contributed by atoms with E-state index in [1.807, 2.05) is 11.8 Å². The Hall–Kier alpha value is -2.17. The molecule has 0 aromatic carbocycles. The summed E-state index contributed by atoms with van der Waals surface area (Å²) in [5.74, 6) is -1.09. The van der Waals surface area contributed by atoms with E-state index >= 15 is 0 Å². The van der Waals surface area contributed by atoms with Gasteiger partial charge in [-0.05, 0) is 38.3 Å². The average molecular weight is 274 g/mol. The second kappa shape index (κ2) is 6.32. The average Bonchev–Trinajstić information content (AvgIpc) is 2.45. The number of hydrogen-bond donors (Lipinski definition) is 1. The number of carbonyl (C=O) groups excluding carboxylic acids is 1. The molecule has 1 aliphatic heterocycles. The number of hydrogen-bond acceptors (Lipinski definition) is 3. The van der Waals surface area contributed by atoms with Gasteiger partial charge in [-0.25, -0.2) is 4.79 Å². The van der Waals surface area contributed by atoms with Crippen LogP contribution >= 0.6 is 0 Å². The molecule has 1 aliphatic rings. The highest BCUT2D eigenvalue weighted by atomic mass is 16.4. The number of pyridine rings is 1. The van der Waals surface area contributed by atoms with Crippen LogP contribution in [0.5, 0.6) is 0 Å². The zero-order valence-corrected chi connectivity index (χ0v) is 11.5. The zero-order chi connectivity index (χ0) is 14.5. The Morgan fingerprint density at radius 2 is 2.25 bits per heavy atom. The molecule has 2 heterocycles. The third-order valence-electron chi connectivity index (χ3n) is 3.55. The molecule has 1 unspecified atom stereocenters. The highest BCUT2D eigenvalue weighted by molar-refractivity contribution is 5.99. The molecular weight excluding hydrogens is 256 g/mol. The van der Waals surface area contributed by atoms with Crippen molar-refractivity contribution in [2.24, 2.45) is 0 Å². The lowest BCUT2D eigenvalue weighted by atomic mass is 10.0. The number of nitrogens with zero attached hydrogens (tertiary/aromatic N) is 2. The first-order chi connectivity index (χ1) is 9.59. The van der Waals surface area contributed by atoms with Crippen LogP contribution in [0.25, 0.3) is 6.08 Å². The van der Waals surface area contributed by atoms with Gasteiger partial charge in [-0.1, -0.05) is 0 Å². The molecule has 20 heavy (non-hydrogen) atoms. The van der Waals surface area contributed by atoms with Crippen molar-refractivity contribution in [1.29, 1.82) is 0 Å². The number of rotatable bonds is 3. The standard InChI is InChI=1S/C15H18N2O3/c1-11-4-2-3-9-17(11)15(20)13-7-8-16-10-12(13)5-6-14(18)19/h5-8,10-11H,2-4,9H2,1H3,(H,18,19). The predicted molar refractivity (Wildman–Crippen MR) is 75.3 cm³/mol. The maximum absolute atomic E-state index is 12.6. The van der Waals surface area contributed by atoms with E-state index in [4.69, 9.17) is 5.11 Å². The van der Waals surface area contributed by atoms with Crippen LogP contribution in [0, 0.1) is 0 Å². The van der Waals surface area contributed by atoms with Crippen molar-refractivity contribution in [2.45, 2.75) is 32.2 Å². The summed E-state index contributed by atoms with van der Waals surface area (Å²) in [7, 11) is 0. The van der Waals surface area contributed by atoms with Gasteiger partial charge in [-0.3, -0.25) is 9.78 Å². The zero-order valence-electron chi connectivity index (χ0n) is 11.5. The SMILES string of the molecule is CC1CCCCN1C(=O)c1ccncc1C=CC(=O)O. The van der Waals surface area contributed by atoms with Crippen molar-refractivity contribution in [1.82, 2.24) is 9.88 Å². The normalized spacial score (nSPS) is 19.2. The van der Waals surface area contributed by atoms with Crippen LogP contribution in [0.15, 0.2) is 24.5 Å². The molecule has 106 valence electrons. The number of amides is 1. The molecule has 1 aromatic rings. The van der Waals surface area contributed by atoms with Crippen molar-refractivity contribution >= 4 is 18.0 Å². The molecule has 0 saturated carbocycles. The number of carboxylic acid groups (broad SMARTS) is 1. The molecule has 0 bridgehead atoms. The van der Waals surface area contributed by atoms with Gasteiger partial charge < -0.3 is 10.0 Å². The van der Waals surface area contributed by atoms with Gasteiger partial charge in [0, 0.05) is 42.2 Å². The van der Waals surface area contributed by atoms with E-state index in [0.717, 1.165) is 31.9 Å². The van der Waals surface area contributed by atoms with E-state index in [1.165, 1.54) is 12.3 Å². The first kappa shape index (κ1) is 14.2. The summed E-state index contributed by atoms with van der Waals surface area (Å²) in [6.45, 7) is 2.80. The van der Waals surface area contributed by atoms with Gasteiger partial charge in [0.15, 0.2) is 0 Å². The third-order valence-corrected chi connectivity index (χ3v) is 3.55. The lowest BCUT2D eigenvalue weighted by Crippen LogP contribution is -2.42. The van der Waals surface area contributed by atoms with Crippen molar-refractivity contribution < 1.29 is 14.7 Å². The van der Waals surface area contributed by atoms with Crippen LogP contribution in [-0.4, -0.2) is 39.5 Å². The Balaban J connectivity index is 2.27. The Kier molecular flexibility index (Phi) is 4.50. The van der Waals surface area contributed by atoms with E-state index in [1.54, 1.807) is 12.3 Å². The molecule has 0 aliphatic carbocycles. The first-order valence-corrected chi connectivity index (χ1v) is 6.75. The Morgan fingerprint density at radius 3 is 2.95 bits per heavy atom. The smallest absolute Gasteiger partial charge is 0.328 e. The number of aromatic nitrogens is 1. The van der Waals surface area contributed by atoms with Crippen molar-refractivity contribution in [3.63, 3.8) is 0 Å². The Morgan fingerprint density at radius 1 is 1.45 bits per heavy atom. The molecule has 1 saturated heterocycles. The molecule has 2 rings (SSSR count). The summed E-state index contributed by atoms with van der Waals surface area (Å²) < 4.78 is 0. The van der Waals surface area contributed by atoms with Gasteiger partial charge in [-0.2, -0.15) is 0 Å². The Bertz CT molecular complexity index is 540. The summed E-state index contributed by atoms with van der Waals surface area (Å²) in [5, 5.41) is 8.69. The molecule has 5 heteroatoms. The fraction of sp³-hybridized carbons (Fsp3) is 0.400. The summed E-state index contributed by atoms with van der Waals surface area (Å²) in [6, 6.07) is 1.87. The molecule has 0 radical (unpaired) electrons. The van der Waals surface area contributed by atoms with Crippen molar-refractivity contribution in [3.8, 4) is 0 Å². The fourth-order valence-electron chi connectivity index (χ4n) is 2.45. The molecule has 1 atom stereocenters. The maximum Gasteiger partial charge on any atom is 0.328 e. The van der Waals surface area contributed by atoms with E-state index < -0.39 is 5.97 Å². The molecule has 1 N–H and O–H groups in total. The topological polar surface area (TPSA) is 70.5 Å². The van der Waals surface area contributed by atoms with E-state index in [0.29, 0.717) is 11.1 Å². The van der Waals surface area contributed by atoms with Gasteiger partial charge >= 0.3 is 5.97 Å². The second-order valence-corrected chi connectivity index (χ2v) is 4.98. The molecule has 0 spiro atoms. The van der Waals surface area contributed by atoms with Gasteiger partial charge in [0.2, 0.25) is 0 Å². The first-order valence-electron chi connectivity index (χ1n) is 6.75. The van der Waals surface area contributed by atoms with Gasteiger partial charge in [0.1, 0.15) is 0 Å². The minimum atomic E-state index is -1.04. The maximum atomic E-state index is 12.6. The van der Waals surface area contributed by atoms with Crippen LogP contribution in [0.3, 0.4) is 0 Å². The number of carboxylic acids is 1. The van der Waals surface area contributed by atoms with Gasteiger partial charge in [-0.15, -0.1) is 0 Å². The quantitative estimate of drug-likeness (QED) is 0.858. The summed E-state index contributed by atoms with van der Waals surface area (Å²) >= 11 is 0. The van der Waals surface area contributed by atoms with Crippen molar-refractivity contribution in [2.75, 3.05) is 6.54 Å². The van der Waals surface area contributed by atoms with Crippen LogP contribution < -0.4 is 0 Å². The molecule has 1 amide bonds. The van der Waals surface area contributed by atoms with Crippen molar-refractivity contribution in [3.05, 3.63) is 35.7 Å². The third kappa shape index (κ3) is 3.23. The Labute approximate surface area is 117 Å². The lowest BCUT2D eigenvalue weighted by Gasteiger charge is -2.33. The highest BCUT2D eigenvalue weighted by Crippen LogP contribution is 2.21. The van der Waals surface area contributed by atoms with Crippen LogP contribution in [0.1, 0.15) is 42.1 Å². The van der Waals surface area contributed by atoms with E-state index in [-0.39, 0.29) is 11.9 Å². The largest absolute Gasteiger partial charge is 0.478 e. The molecule has 1 fully saturated rings. The monoisotopic (exact) mass is 274 g/mol. The minimum Gasteiger partial charge on any atom is -0.478 e. The molecule has 5 nitrogen and oxygen atoms in total. The number of aliphatic carboxylic acids is 1. The summed E-state index contributed by atoms with van der Waals surface area (Å²) in [4.78, 5) is 29.0. The number of likely N-dealkylation sites (tertiary alicyclic amines) is 1. The van der Waals surface area contributed by atoms with Gasteiger partial charge in [0.25, 0.3) is 5.91 Å². The number of carbonyl (C=O) groups is 2. The fourth-order valence-corrected chi connectivity index (χ4v) is 2.45.